The van der Waals surface area contributed by atoms with Crippen molar-refractivity contribution >= 4 is 11.5 Å². The smallest absolute Gasteiger partial charge is 0.381 e. The van der Waals surface area contributed by atoms with Crippen molar-refractivity contribution in [1.29, 1.82) is 0 Å². The van der Waals surface area contributed by atoms with Crippen LogP contribution in [0.2, 0.25) is 0 Å². The van der Waals surface area contributed by atoms with Crippen LogP contribution >= 0.6 is 0 Å². The zero-order chi connectivity index (χ0) is 23.6. The molecule has 1 amide bonds. The summed E-state index contributed by atoms with van der Waals surface area (Å²) >= 11 is 0. The van der Waals surface area contributed by atoms with Gasteiger partial charge in [-0.05, 0) is 67.7 Å². The predicted octanol–water partition coefficient (Wildman–Crippen LogP) is 5.28. The van der Waals surface area contributed by atoms with Crippen LogP contribution in [-0.4, -0.2) is 49.2 Å². The SMILES string of the molecule is CC(C)[C@]1(C(=O)N2CC=C(c3cccc(C(F)(F)F)c3)CC2)CC[C@@H](NC2CCOCC2)C1. The van der Waals surface area contributed by atoms with Crippen molar-refractivity contribution in [2.24, 2.45) is 11.3 Å². The molecule has 1 aromatic rings. The van der Waals surface area contributed by atoms with E-state index in [1.54, 1.807) is 6.07 Å². The minimum absolute atomic E-state index is 0.202. The van der Waals surface area contributed by atoms with Crippen molar-refractivity contribution < 1.29 is 22.7 Å². The van der Waals surface area contributed by atoms with Crippen molar-refractivity contribution in [3.8, 4) is 0 Å². The molecule has 1 saturated carbocycles. The van der Waals surface area contributed by atoms with E-state index in [9.17, 15) is 18.0 Å². The topological polar surface area (TPSA) is 41.6 Å². The highest BCUT2D eigenvalue weighted by Crippen LogP contribution is 2.46. The lowest BCUT2D eigenvalue weighted by molar-refractivity contribution is -0.144. The van der Waals surface area contributed by atoms with Gasteiger partial charge >= 0.3 is 6.18 Å². The summed E-state index contributed by atoms with van der Waals surface area (Å²) in [5.41, 5.74) is 0.475. The molecule has 0 radical (unpaired) electrons. The molecular formula is C26H35F3N2O2. The van der Waals surface area contributed by atoms with E-state index in [1.165, 1.54) is 12.1 Å². The number of nitrogens with one attached hydrogen (secondary N) is 1. The molecule has 0 unspecified atom stereocenters. The molecule has 1 aliphatic carbocycles. The number of hydrogen-bond acceptors (Lipinski definition) is 3. The molecule has 1 N–H and O–H groups in total. The lowest BCUT2D eigenvalue weighted by Gasteiger charge is -2.39. The molecule has 182 valence electrons. The van der Waals surface area contributed by atoms with Crippen LogP contribution in [0.15, 0.2) is 30.3 Å². The fourth-order valence-corrected chi connectivity index (χ4v) is 5.71. The number of amides is 1. The Morgan fingerprint density at radius 1 is 1.18 bits per heavy atom. The molecule has 33 heavy (non-hydrogen) atoms. The Kier molecular flexibility index (Phi) is 7.20. The van der Waals surface area contributed by atoms with E-state index in [2.05, 4.69) is 19.2 Å². The van der Waals surface area contributed by atoms with Gasteiger partial charge in [-0.25, -0.2) is 0 Å². The van der Waals surface area contributed by atoms with Crippen molar-refractivity contribution in [2.75, 3.05) is 26.3 Å². The van der Waals surface area contributed by atoms with Crippen molar-refractivity contribution in [3.63, 3.8) is 0 Å². The molecule has 0 spiro atoms. The summed E-state index contributed by atoms with van der Waals surface area (Å²) in [6.45, 7) is 6.88. The van der Waals surface area contributed by atoms with Gasteiger partial charge in [0.1, 0.15) is 0 Å². The van der Waals surface area contributed by atoms with Gasteiger partial charge in [-0.1, -0.05) is 32.1 Å². The van der Waals surface area contributed by atoms with E-state index in [4.69, 9.17) is 4.74 Å². The van der Waals surface area contributed by atoms with Crippen molar-refractivity contribution in [2.45, 2.75) is 70.6 Å². The maximum atomic E-state index is 13.7. The number of halogens is 3. The molecule has 2 fully saturated rings. The van der Waals surface area contributed by atoms with Crippen LogP contribution in [0, 0.1) is 11.3 Å². The Morgan fingerprint density at radius 3 is 2.58 bits per heavy atom. The van der Waals surface area contributed by atoms with Gasteiger partial charge in [-0.3, -0.25) is 4.79 Å². The van der Waals surface area contributed by atoms with Crippen molar-refractivity contribution in [1.82, 2.24) is 10.2 Å². The number of alkyl halides is 3. The predicted molar refractivity (Wildman–Crippen MR) is 123 cm³/mol. The van der Waals surface area contributed by atoms with Gasteiger partial charge < -0.3 is 15.0 Å². The van der Waals surface area contributed by atoms with E-state index in [0.717, 1.165) is 57.0 Å². The number of nitrogens with zero attached hydrogens (tertiary/aromatic N) is 1. The molecule has 4 rings (SSSR count). The lowest BCUT2D eigenvalue weighted by atomic mass is 9.74. The summed E-state index contributed by atoms with van der Waals surface area (Å²) in [5.74, 6) is 0.438. The Hall–Kier alpha value is -1.86. The van der Waals surface area contributed by atoms with Gasteiger partial charge in [0.05, 0.1) is 11.0 Å². The number of benzene rings is 1. The van der Waals surface area contributed by atoms with Gasteiger partial charge in [0.15, 0.2) is 0 Å². The van der Waals surface area contributed by atoms with Crippen LogP contribution in [0.1, 0.15) is 63.5 Å². The third-order valence-electron chi connectivity index (χ3n) is 7.83. The fraction of sp³-hybridized carbons (Fsp3) is 0.654. The third-order valence-corrected chi connectivity index (χ3v) is 7.83. The highest BCUT2D eigenvalue weighted by Gasteiger charge is 2.49. The van der Waals surface area contributed by atoms with Crippen LogP contribution in [0.5, 0.6) is 0 Å². The molecule has 4 nitrogen and oxygen atoms in total. The average Bonchev–Trinajstić information content (AvgIpc) is 3.24. The number of carbonyl (C=O) groups is 1. The second-order valence-corrected chi connectivity index (χ2v) is 10.1. The summed E-state index contributed by atoms with van der Waals surface area (Å²) in [6.07, 6.45) is 2.92. The third kappa shape index (κ3) is 5.29. The van der Waals surface area contributed by atoms with E-state index >= 15 is 0 Å². The average molecular weight is 465 g/mol. The molecule has 3 aliphatic rings. The van der Waals surface area contributed by atoms with E-state index < -0.39 is 11.7 Å². The van der Waals surface area contributed by atoms with Crippen molar-refractivity contribution in [3.05, 3.63) is 41.5 Å². The van der Waals surface area contributed by atoms with Crippen LogP contribution in [-0.2, 0) is 15.7 Å². The minimum atomic E-state index is -4.35. The lowest BCUT2D eigenvalue weighted by Crippen LogP contribution is -2.48. The first-order valence-corrected chi connectivity index (χ1v) is 12.2. The molecule has 1 aromatic carbocycles. The largest absolute Gasteiger partial charge is 0.416 e. The standard InChI is InChI=1S/C26H35F3N2O2/c1-18(2)25(11-6-23(17-25)30-22-9-14-33-15-10-22)24(32)31-12-7-19(8-13-31)20-4-3-5-21(16-20)26(27,28)29/h3-5,7,16,18,22-23,30H,6,8-15,17H2,1-2H3/t23-,25+/m1/s1. The van der Waals surface area contributed by atoms with Crippen LogP contribution in [0.4, 0.5) is 13.2 Å². The highest BCUT2D eigenvalue weighted by molar-refractivity contribution is 5.84. The summed E-state index contributed by atoms with van der Waals surface area (Å²) in [4.78, 5) is 15.6. The summed E-state index contributed by atoms with van der Waals surface area (Å²) < 4.78 is 44.7. The highest BCUT2D eigenvalue weighted by atomic mass is 19.4. The molecule has 1 saturated heterocycles. The number of hydrogen-bond donors (Lipinski definition) is 1. The Bertz CT molecular complexity index is 877. The molecule has 2 atom stereocenters. The maximum Gasteiger partial charge on any atom is 0.416 e. The minimum Gasteiger partial charge on any atom is -0.381 e. The monoisotopic (exact) mass is 464 g/mol. The Labute approximate surface area is 194 Å². The van der Waals surface area contributed by atoms with E-state index in [-0.39, 0.29) is 17.2 Å². The zero-order valence-electron chi connectivity index (χ0n) is 19.6. The van der Waals surface area contributed by atoms with Gasteiger partial charge in [-0.2, -0.15) is 13.2 Å². The maximum absolute atomic E-state index is 13.7. The van der Waals surface area contributed by atoms with Gasteiger partial charge in [-0.15, -0.1) is 0 Å². The number of carbonyl (C=O) groups excluding carboxylic acids is 1. The van der Waals surface area contributed by atoms with Crippen LogP contribution < -0.4 is 5.32 Å². The first-order valence-electron chi connectivity index (χ1n) is 12.2. The second-order valence-electron chi connectivity index (χ2n) is 10.1. The van der Waals surface area contributed by atoms with Crippen LogP contribution in [0.3, 0.4) is 0 Å². The van der Waals surface area contributed by atoms with Gasteiger partial charge in [0.25, 0.3) is 0 Å². The quantitative estimate of drug-likeness (QED) is 0.644. The summed E-state index contributed by atoms with van der Waals surface area (Å²) in [5, 5.41) is 3.78. The van der Waals surface area contributed by atoms with Gasteiger partial charge in [0, 0.05) is 38.4 Å². The summed E-state index contributed by atoms with van der Waals surface area (Å²) in [6, 6.07) is 6.30. The fourth-order valence-electron chi connectivity index (χ4n) is 5.71. The molecule has 2 heterocycles. The first kappa shape index (κ1) is 24.3. The Balaban J connectivity index is 1.42. The molecule has 2 aliphatic heterocycles. The van der Waals surface area contributed by atoms with E-state index in [1.807, 2.05) is 11.0 Å². The molecule has 0 aromatic heterocycles. The van der Waals surface area contributed by atoms with Gasteiger partial charge in [0.2, 0.25) is 5.91 Å². The zero-order valence-corrected chi connectivity index (χ0v) is 19.6. The van der Waals surface area contributed by atoms with E-state index in [0.29, 0.717) is 37.2 Å². The second kappa shape index (κ2) is 9.79. The number of rotatable bonds is 5. The normalized spacial score (nSPS) is 27.2. The number of ether oxygens (including phenoxy) is 1. The van der Waals surface area contributed by atoms with Crippen LogP contribution in [0.25, 0.3) is 5.57 Å². The molecule has 7 heteroatoms. The first-order chi connectivity index (χ1) is 15.7. The molecular weight excluding hydrogens is 429 g/mol. The summed E-state index contributed by atoms with van der Waals surface area (Å²) in [7, 11) is 0. The molecule has 0 bridgehead atoms. The Morgan fingerprint density at radius 2 is 1.94 bits per heavy atom.